The van der Waals surface area contributed by atoms with E-state index in [1.54, 1.807) is 51.1 Å². The minimum atomic E-state index is -4.35. The van der Waals surface area contributed by atoms with Crippen molar-refractivity contribution in [3.8, 4) is 0 Å². The van der Waals surface area contributed by atoms with Gasteiger partial charge >= 0.3 is 12.1 Å². The molecule has 5 N–H and O–H groups in total. The Morgan fingerprint density at radius 1 is 1.21 bits per heavy atom. The Morgan fingerprint density at radius 3 is 2.28 bits per heavy atom. The van der Waals surface area contributed by atoms with Gasteiger partial charge in [-0.05, 0) is 39.2 Å². The lowest BCUT2D eigenvalue weighted by molar-refractivity contribution is -0.141. The van der Waals surface area contributed by atoms with Crippen LogP contribution in [0.15, 0.2) is 35.3 Å². The quantitative estimate of drug-likeness (QED) is 0.300. The summed E-state index contributed by atoms with van der Waals surface area (Å²) in [4.78, 5) is 28.3. The number of hydrogen-bond donors (Lipinski definition) is 3. The Balaban J connectivity index is 3.23. The van der Waals surface area contributed by atoms with Gasteiger partial charge in [-0.15, -0.1) is 0 Å². The van der Waals surface area contributed by atoms with Crippen molar-refractivity contribution in [2.24, 2.45) is 16.5 Å². The van der Waals surface area contributed by atoms with Gasteiger partial charge in [0, 0.05) is 6.54 Å². The molecule has 0 heterocycles. The standard InChI is InChI=1S/C18H28N4O6S/c1-18(2,3)28-17(25)22(14(15(23)24)10-7-11-21-16(19)20)29(26,27)12-13-8-5-4-6-9-13/h4-6,8-9,14H,7,10-12H2,1-3H3,(H,23,24)(H4,19,20,21)/t14-/m0/s1. The van der Waals surface area contributed by atoms with Crippen LogP contribution in [0.2, 0.25) is 0 Å². The number of sulfonamides is 1. The topological polar surface area (TPSA) is 165 Å². The lowest BCUT2D eigenvalue weighted by atomic mass is 10.1. The Bertz CT molecular complexity index is 830. The van der Waals surface area contributed by atoms with Gasteiger partial charge in [0.25, 0.3) is 0 Å². The fourth-order valence-electron chi connectivity index (χ4n) is 2.43. The number of amides is 1. The highest BCUT2D eigenvalue weighted by Gasteiger charge is 2.41. The number of rotatable bonds is 9. The van der Waals surface area contributed by atoms with Gasteiger partial charge in [0.05, 0.1) is 5.75 Å². The number of benzene rings is 1. The number of nitrogens with two attached hydrogens (primary N) is 2. The van der Waals surface area contributed by atoms with E-state index in [9.17, 15) is 23.1 Å². The second-order valence-corrected chi connectivity index (χ2v) is 9.17. The van der Waals surface area contributed by atoms with Crippen LogP contribution in [0.5, 0.6) is 0 Å². The van der Waals surface area contributed by atoms with Crippen molar-refractivity contribution in [3.05, 3.63) is 35.9 Å². The molecule has 1 rings (SSSR count). The number of hydrogen-bond acceptors (Lipinski definition) is 6. The maximum Gasteiger partial charge on any atom is 0.424 e. The van der Waals surface area contributed by atoms with E-state index >= 15 is 0 Å². The molecular formula is C18H28N4O6S. The van der Waals surface area contributed by atoms with Crippen molar-refractivity contribution in [2.45, 2.75) is 51.0 Å². The van der Waals surface area contributed by atoms with Crippen LogP contribution in [0, 0.1) is 0 Å². The maximum atomic E-state index is 13.0. The van der Waals surface area contributed by atoms with Crippen molar-refractivity contribution in [1.82, 2.24) is 4.31 Å². The number of nitrogens with zero attached hydrogens (tertiary/aromatic N) is 2. The molecule has 11 heteroatoms. The molecule has 0 aliphatic rings. The van der Waals surface area contributed by atoms with Crippen molar-refractivity contribution in [2.75, 3.05) is 6.54 Å². The number of aliphatic carboxylic acids is 1. The van der Waals surface area contributed by atoms with Gasteiger partial charge in [-0.1, -0.05) is 30.3 Å². The zero-order valence-electron chi connectivity index (χ0n) is 16.7. The lowest BCUT2D eigenvalue weighted by Crippen LogP contribution is -2.50. The highest BCUT2D eigenvalue weighted by Crippen LogP contribution is 2.21. The molecule has 0 saturated heterocycles. The largest absolute Gasteiger partial charge is 0.480 e. The van der Waals surface area contributed by atoms with Crippen molar-refractivity contribution >= 4 is 28.0 Å². The molecule has 162 valence electrons. The van der Waals surface area contributed by atoms with Crippen LogP contribution in [-0.4, -0.2) is 54.0 Å². The molecule has 0 spiro atoms. The summed E-state index contributed by atoms with van der Waals surface area (Å²) >= 11 is 0. The minimum absolute atomic E-state index is 0.0903. The molecule has 0 radical (unpaired) electrons. The van der Waals surface area contributed by atoms with Crippen LogP contribution in [0.1, 0.15) is 39.2 Å². The summed E-state index contributed by atoms with van der Waals surface area (Å²) in [6.07, 6.45) is -1.28. The second-order valence-electron chi connectivity index (χ2n) is 7.32. The minimum Gasteiger partial charge on any atom is -0.480 e. The smallest absolute Gasteiger partial charge is 0.424 e. The monoisotopic (exact) mass is 428 g/mol. The number of carboxylic acids is 1. The van der Waals surface area contributed by atoms with Gasteiger partial charge in [-0.25, -0.2) is 18.0 Å². The zero-order chi connectivity index (χ0) is 22.2. The molecule has 1 amide bonds. The Hall–Kier alpha value is -2.82. The van der Waals surface area contributed by atoms with Crippen molar-refractivity contribution < 1.29 is 27.9 Å². The fraction of sp³-hybridized carbons (Fsp3) is 0.500. The van der Waals surface area contributed by atoms with Crippen LogP contribution < -0.4 is 11.5 Å². The van der Waals surface area contributed by atoms with Gasteiger partial charge in [-0.3, -0.25) is 4.99 Å². The maximum absolute atomic E-state index is 13.0. The first-order valence-corrected chi connectivity index (χ1v) is 10.5. The molecule has 0 aliphatic carbocycles. The summed E-state index contributed by atoms with van der Waals surface area (Å²) in [6.45, 7) is 4.76. The molecule has 1 atom stereocenters. The predicted molar refractivity (Wildman–Crippen MR) is 108 cm³/mol. The number of ether oxygens (including phenoxy) is 1. The normalized spacial score (nSPS) is 12.7. The Labute approximate surface area is 170 Å². The Kier molecular flexibility index (Phi) is 8.43. The van der Waals surface area contributed by atoms with Crippen LogP contribution >= 0.6 is 0 Å². The summed E-state index contributed by atoms with van der Waals surface area (Å²) in [5, 5.41) is 9.63. The van der Waals surface area contributed by atoms with Gasteiger partial charge in [0.1, 0.15) is 11.6 Å². The average Bonchev–Trinajstić information content (AvgIpc) is 2.55. The predicted octanol–water partition coefficient (Wildman–Crippen LogP) is 1.26. The first kappa shape index (κ1) is 24.2. The fourth-order valence-corrected chi connectivity index (χ4v) is 4.03. The number of carboxylic acid groups (broad SMARTS) is 1. The number of guanidine groups is 1. The van der Waals surface area contributed by atoms with Crippen LogP contribution in [-0.2, 0) is 25.3 Å². The van der Waals surface area contributed by atoms with E-state index in [2.05, 4.69) is 4.99 Å². The molecular weight excluding hydrogens is 400 g/mol. The summed E-state index contributed by atoms with van der Waals surface area (Å²) in [5.41, 5.74) is 9.86. The van der Waals surface area contributed by atoms with E-state index < -0.39 is 39.5 Å². The van der Waals surface area contributed by atoms with Crippen molar-refractivity contribution in [3.63, 3.8) is 0 Å². The second kappa shape index (κ2) is 10.1. The highest BCUT2D eigenvalue weighted by molar-refractivity contribution is 7.88. The van der Waals surface area contributed by atoms with Gasteiger partial charge in [-0.2, -0.15) is 4.31 Å². The summed E-state index contributed by atoms with van der Waals surface area (Å²) < 4.78 is 31.5. The van der Waals surface area contributed by atoms with Crippen molar-refractivity contribution in [1.29, 1.82) is 0 Å². The number of carbonyl (C=O) groups excluding carboxylic acids is 1. The van der Waals surface area contributed by atoms with Gasteiger partial charge < -0.3 is 21.3 Å². The number of carbonyl (C=O) groups is 2. The molecule has 29 heavy (non-hydrogen) atoms. The molecule has 0 bridgehead atoms. The van der Waals surface area contributed by atoms with Crippen LogP contribution in [0.3, 0.4) is 0 Å². The van der Waals surface area contributed by atoms with E-state index in [0.29, 0.717) is 9.87 Å². The van der Waals surface area contributed by atoms with E-state index in [0.717, 1.165) is 0 Å². The van der Waals surface area contributed by atoms with E-state index in [-0.39, 0.29) is 25.3 Å². The van der Waals surface area contributed by atoms with Crippen LogP contribution in [0.4, 0.5) is 4.79 Å². The first-order valence-electron chi connectivity index (χ1n) is 8.90. The van der Waals surface area contributed by atoms with Gasteiger partial charge in [0.15, 0.2) is 5.96 Å². The summed E-state index contributed by atoms with van der Waals surface area (Å²) in [7, 11) is -4.35. The third-order valence-corrected chi connectivity index (χ3v) is 5.26. The summed E-state index contributed by atoms with van der Waals surface area (Å²) in [5.74, 6) is -2.19. The van der Waals surface area contributed by atoms with Crippen LogP contribution in [0.25, 0.3) is 0 Å². The van der Waals surface area contributed by atoms with E-state index in [1.807, 2.05) is 0 Å². The SMILES string of the molecule is CC(C)(C)OC(=O)N([C@@H](CCCN=C(N)N)C(=O)O)S(=O)(=O)Cc1ccccc1. The zero-order valence-corrected chi connectivity index (χ0v) is 17.6. The third kappa shape index (κ3) is 8.38. The molecule has 0 saturated carbocycles. The molecule has 0 fully saturated rings. The van der Waals surface area contributed by atoms with Gasteiger partial charge in [0.2, 0.25) is 10.0 Å². The van der Waals surface area contributed by atoms with E-state index in [4.69, 9.17) is 16.2 Å². The molecule has 10 nitrogen and oxygen atoms in total. The number of aliphatic imine (C=N–C) groups is 1. The molecule has 1 aromatic carbocycles. The lowest BCUT2D eigenvalue weighted by Gasteiger charge is -2.30. The first-order chi connectivity index (χ1) is 13.3. The molecule has 1 aromatic rings. The Morgan fingerprint density at radius 2 is 1.79 bits per heavy atom. The molecule has 0 aromatic heterocycles. The average molecular weight is 429 g/mol. The summed E-state index contributed by atoms with van der Waals surface area (Å²) in [6, 6.07) is 6.48. The molecule has 0 unspecified atom stereocenters. The van der Waals surface area contributed by atoms with E-state index in [1.165, 1.54) is 0 Å². The third-order valence-electron chi connectivity index (χ3n) is 3.56. The molecule has 0 aliphatic heterocycles. The highest BCUT2D eigenvalue weighted by atomic mass is 32.2.